The van der Waals surface area contributed by atoms with Gasteiger partial charge >= 0.3 is 0 Å². The lowest BCUT2D eigenvalue weighted by Gasteiger charge is -2.36. The summed E-state index contributed by atoms with van der Waals surface area (Å²) in [4.78, 5) is 12.0. The van der Waals surface area contributed by atoms with E-state index in [0.29, 0.717) is 13.0 Å². The van der Waals surface area contributed by atoms with Crippen LogP contribution >= 0.6 is 11.8 Å². The summed E-state index contributed by atoms with van der Waals surface area (Å²) in [6, 6.07) is 0.161. The molecule has 0 spiro atoms. The van der Waals surface area contributed by atoms with Crippen LogP contribution in [0.3, 0.4) is 0 Å². The molecule has 110 valence electrons. The molecule has 2 heterocycles. The van der Waals surface area contributed by atoms with Crippen LogP contribution < -0.4 is 10.6 Å². The zero-order valence-electron chi connectivity index (χ0n) is 11.6. The van der Waals surface area contributed by atoms with Crippen LogP contribution in [-0.4, -0.2) is 62.5 Å². The average molecular weight is 288 g/mol. The molecule has 0 radical (unpaired) electrons. The van der Waals surface area contributed by atoms with Crippen molar-refractivity contribution in [3.05, 3.63) is 0 Å². The quantitative estimate of drug-likeness (QED) is 0.766. The summed E-state index contributed by atoms with van der Waals surface area (Å²) in [6.45, 7) is 4.56. The van der Waals surface area contributed by atoms with Crippen molar-refractivity contribution in [3.63, 3.8) is 0 Å². The fraction of sp³-hybridized carbons (Fsp3) is 0.923. The summed E-state index contributed by atoms with van der Waals surface area (Å²) < 4.78 is 10.9. The zero-order chi connectivity index (χ0) is 13.6. The van der Waals surface area contributed by atoms with Gasteiger partial charge in [0.2, 0.25) is 5.91 Å². The molecule has 0 aliphatic carbocycles. The molecule has 0 aromatic rings. The van der Waals surface area contributed by atoms with Crippen molar-refractivity contribution in [1.29, 1.82) is 0 Å². The lowest BCUT2D eigenvalue weighted by molar-refractivity contribution is -0.122. The molecule has 6 heteroatoms. The molecule has 0 saturated carbocycles. The molecule has 0 aromatic heterocycles. The highest BCUT2D eigenvalue weighted by Crippen LogP contribution is 2.32. The van der Waals surface area contributed by atoms with Crippen molar-refractivity contribution in [1.82, 2.24) is 10.6 Å². The van der Waals surface area contributed by atoms with Crippen LogP contribution in [0.15, 0.2) is 0 Å². The minimum atomic E-state index is 0.114. The van der Waals surface area contributed by atoms with E-state index in [2.05, 4.69) is 16.9 Å². The molecule has 1 atom stereocenters. The molecule has 1 amide bonds. The topological polar surface area (TPSA) is 59.6 Å². The van der Waals surface area contributed by atoms with Gasteiger partial charge in [0.1, 0.15) is 0 Å². The highest BCUT2D eigenvalue weighted by atomic mass is 32.2. The maximum atomic E-state index is 12.0. The van der Waals surface area contributed by atoms with E-state index in [1.54, 1.807) is 0 Å². The normalized spacial score (nSPS) is 26.9. The van der Waals surface area contributed by atoms with Crippen molar-refractivity contribution in [2.45, 2.75) is 30.1 Å². The maximum absolute atomic E-state index is 12.0. The Morgan fingerprint density at radius 1 is 1.37 bits per heavy atom. The Morgan fingerprint density at radius 3 is 2.79 bits per heavy atom. The Labute approximate surface area is 119 Å². The number of amides is 1. The average Bonchev–Trinajstić information content (AvgIpc) is 2.47. The van der Waals surface area contributed by atoms with Gasteiger partial charge in [-0.3, -0.25) is 4.79 Å². The van der Waals surface area contributed by atoms with E-state index >= 15 is 0 Å². The van der Waals surface area contributed by atoms with E-state index in [1.165, 1.54) is 0 Å². The van der Waals surface area contributed by atoms with Crippen LogP contribution in [0.25, 0.3) is 0 Å². The van der Waals surface area contributed by atoms with Gasteiger partial charge < -0.3 is 20.1 Å². The second-order valence-electron chi connectivity index (χ2n) is 5.21. The third kappa shape index (κ3) is 4.63. The number of rotatable bonds is 5. The summed E-state index contributed by atoms with van der Waals surface area (Å²) >= 11 is 1.85. The van der Waals surface area contributed by atoms with Gasteiger partial charge in [0.25, 0.3) is 0 Å². The van der Waals surface area contributed by atoms with E-state index in [1.807, 2.05) is 11.8 Å². The van der Waals surface area contributed by atoms with Gasteiger partial charge in [0, 0.05) is 43.5 Å². The summed E-state index contributed by atoms with van der Waals surface area (Å²) in [5, 5.41) is 6.38. The third-order valence-corrected chi connectivity index (χ3v) is 5.29. The smallest absolute Gasteiger partial charge is 0.221 e. The number of carbonyl (C=O) groups is 1. The summed E-state index contributed by atoms with van der Waals surface area (Å²) in [7, 11) is 0. The summed E-state index contributed by atoms with van der Waals surface area (Å²) in [6.07, 6.45) is 4.65. The fourth-order valence-electron chi connectivity index (χ4n) is 2.50. The van der Waals surface area contributed by atoms with Crippen molar-refractivity contribution < 1.29 is 14.3 Å². The van der Waals surface area contributed by atoms with Gasteiger partial charge in [-0.25, -0.2) is 0 Å². The molecule has 2 rings (SSSR count). The number of morpholine rings is 1. The first-order chi connectivity index (χ1) is 9.24. The van der Waals surface area contributed by atoms with Crippen molar-refractivity contribution in [2.75, 3.05) is 45.8 Å². The van der Waals surface area contributed by atoms with Gasteiger partial charge in [-0.05, 0) is 19.1 Å². The monoisotopic (exact) mass is 288 g/mol. The van der Waals surface area contributed by atoms with Crippen molar-refractivity contribution in [2.24, 2.45) is 0 Å². The number of ether oxygens (including phenoxy) is 2. The molecule has 2 saturated heterocycles. The second kappa shape index (κ2) is 7.47. The molecule has 2 N–H and O–H groups in total. The molecule has 2 aliphatic heterocycles. The number of hydrogen-bond acceptors (Lipinski definition) is 5. The molecule has 5 nitrogen and oxygen atoms in total. The van der Waals surface area contributed by atoms with E-state index in [9.17, 15) is 4.79 Å². The second-order valence-corrected chi connectivity index (χ2v) is 6.48. The van der Waals surface area contributed by atoms with Crippen LogP contribution in [-0.2, 0) is 14.3 Å². The number of nitrogens with one attached hydrogen (secondary N) is 2. The van der Waals surface area contributed by atoms with Crippen LogP contribution in [0, 0.1) is 0 Å². The van der Waals surface area contributed by atoms with Crippen molar-refractivity contribution in [3.8, 4) is 0 Å². The fourth-order valence-corrected chi connectivity index (χ4v) is 3.29. The molecule has 0 aromatic carbocycles. The number of hydrogen-bond donors (Lipinski definition) is 2. The lowest BCUT2D eigenvalue weighted by atomic mass is 9.99. The van der Waals surface area contributed by atoms with E-state index in [0.717, 1.165) is 45.8 Å². The molecule has 0 bridgehead atoms. The van der Waals surface area contributed by atoms with Crippen LogP contribution in [0.5, 0.6) is 0 Å². The zero-order valence-corrected chi connectivity index (χ0v) is 12.4. The molecular weight excluding hydrogens is 264 g/mol. The maximum Gasteiger partial charge on any atom is 0.221 e. The van der Waals surface area contributed by atoms with Gasteiger partial charge in [0.15, 0.2) is 0 Å². The third-order valence-electron chi connectivity index (χ3n) is 3.88. The van der Waals surface area contributed by atoms with E-state index in [-0.39, 0.29) is 16.7 Å². The molecule has 2 fully saturated rings. The highest BCUT2D eigenvalue weighted by molar-refractivity contribution is 8.00. The molecule has 2 aliphatic rings. The van der Waals surface area contributed by atoms with Gasteiger partial charge in [-0.15, -0.1) is 0 Å². The molecule has 1 unspecified atom stereocenters. The molecule has 19 heavy (non-hydrogen) atoms. The van der Waals surface area contributed by atoms with Gasteiger partial charge in [-0.1, -0.05) is 0 Å². The first-order valence-electron chi connectivity index (χ1n) is 6.95. The minimum absolute atomic E-state index is 0.114. The van der Waals surface area contributed by atoms with E-state index in [4.69, 9.17) is 9.47 Å². The van der Waals surface area contributed by atoms with E-state index < -0.39 is 0 Å². The van der Waals surface area contributed by atoms with Crippen LogP contribution in [0.1, 0.15) is 19.3 Å². The van der Waals surface area contributed by atoms with Gasteiger partial charge in [0.05, 0.1) is 13.2 Å². The summed E-state index contributed by atoms with van der Waals surface area (Å²) in [5.74, 6) is 0.114. The SMILES string of the molecule is CSC1(CNC(=O)CC2COCCN2)CCOCC1. The Morgan fingerprint density at radius 2 is 2.16 bits per heavy atom. The predicted octanol–water partition coefficient (Wildman–Crippen LogP) is 0.393. The lowest BCUT2D eigenvalue weighted by Crippen LogP contribution is -2.47. The van der Waals surface area contributed by atoms with Crippen molar-refractivity contribution >= 4 is 17.7 Å². The Balaban J connectivity index is 1.72. The first kappa shape index (κ1) is 15.1. The number of thioether (sulfide) groups is 1. The Kier molecular flexibility index (Phi) is 5.94. The largest absolute Gasteiger partial charge is 0.381 e. The highest BCUT2D eigenvalue weighted by Gasteiger charge is 2.32. The van der Waals surface area contributed by atoms with Crippen LogP contribution in [0.4, 0.5) is 0 Å². The van der Waals surface area contributed by atoms with Crippen LogP contribution in [0.2, 0.25) is 0 Å². The minimum Gasteiger partial charge on any atom is -0.381 e. The predicted molar refractivity (Wildman–Crippen MR) is 76.5 cm³/mol. The summed E-state index contributed by atoms with van der Waals surface area (Å²) in [5.41, 5.74) is 0. The number of carbonyl (C=O) groups excluding carboxylic acids is 1. The Bertz CT molecular complexity index is 290. The molecular formula is C13H24N2O3S. The first-order valence-corrected chi connectivity index (χ1v) is 8.17. The standard InChI is InChI=1S/C13H24N2O3S/c1-19-13(2-5-17-6-3-13)10-15-12(16)8-11-9-18-7-4-14-11/h11,14H,2-10H2,1H3,(H,15,16). The Hall–Kier alpha value is -0.300. The van der Waals surface area contributed by atoms with Gasteiger partial charge in [-0.2, -0.15) is 11.8 Å².